The maximum atomic E-state index is 12.9. The Balaban J connectivity index is 1.89. The van der Waals surface area contributed by atoms with Crippen LogP contribution in [0.25, 0.3) is 0 Å². The van der Waals surface area contributed by atoms with E-state index in [2.05, 4.69) is 24.5 Å². The molecule has 0 atom stereocenters. The van der Waals surface area contributed by atoms with Crippen molar-refractivity contribution in [2.75, 3.05) is 10.6 Å². The lowest BCUT2D eigenvalue weighted by Crippen LogP contribution is -2.32. The Hall–Kier alpha value is -1.96. The predicted molar refractivity (Wildman–Crippen MR) is 118 cm³/mol. The van der Waals surface area contributed by atoms with Crippen LogP contribution in [0.5, 0.6) is 0 Å². The third-order valence-corrected chi connectivity index (χ3v) is 5.50. The van der Waals surface area contributed by atoms with Gasteiger partial charge in [0.1, 0.15) is 16.2 Å². The number of thiocarbonyl (C=S) groups is 1. The first-order valence-electron chi connectivity index (χ1n) is 9.19. The molecule has 0 radical (unpaired) electrons. The molecule has 2 heterocycles. The molecule has 0 saturated carbocycles. The lowest BCUT2D eigenvalue weighted by Gasteiger charge is -2.30. The minimum atomic E-state index is -0.583. The van der Waals surface area contributed by atoms with Gasteiger partial charge in [-0.3, -0.25) is 0 Å². The normalized spacial score (nSPS) is 15.5. The third-order valence-electron chi connectivity index (χ3n) is 4.15. The summed E-state index contributed by atoms with van der Waals surface area (Å²) in [6, 6.07) is 9.66. The van der Waals surface area contributed by atoms with Crippen LogP contribution in [0.15, 0.2) is 30.3 Å². The number of rotatable bonds is 3. The smallest absolute Gasteiger partial charge is 0.342 e. The average Bonchev–Trinajstić information content (AvgIpc) is 2.89. The Labute approximate surface area is 175 Å². The number of hydrogen-bond donors (Lipinski definition) is 2. The van der Waals surface area contributed by atoms with Gasteiger partial charge in [-0.2, -0.15) is 0 Å². The predicted octanol–water partition coefficient (Wildman–Crippen LogP) is 5.36. The van der Waals surface area contributed by atoms with Gasteiger partial charge in [-0.15, -0.1) is 11.3 Å². The Morgan fingerprint density at radius 3 is 2.54 bits per heavy atom. The van der Waals surface area contributed by atoms with Crippen molar-refractivity contribution in [2.45, 2.75) is 58.8 Å². The second kappa shape index (κ2) is 7.81. The van der Waals surface area contributed by atoms with E-state index in [4.69, 9.17) is 21.7 Å². The number of benzene rings is 1. The number of ether oxygens (including phenoxy) is 2. The van der Waals surface area contributed by atoms with E-state index in [0.717, 1.165) is 22.5 Å². The zero-order valence-corrected chi connectivity index (χ0v) is 18.5. The van der Waals surface area contributed by atoms with Crippen LogP contribution in [0.4, 0.5) is 10.7 Å². The summed E-state index contributed by atoms with van der Waals surface area (Å²) in [6.45, 7) is 10.1. The lowest BCUT2D eigenvalue weighted by atomic mass is 9.96. The molecule has 1 aliphatic heterocycles. The molecule has 0 aliphatic carbocycles. The standard InChI is InChI=1S/C21H26N2O3S2/c1-20(2,3)26-18(24)16-14-12-25-21(4,5)11-15(14)28-17(16)23-19(27)22-13-9-7-6-8-10-13/h6-10H,11-12H2,1-5H3,(H2,22,23,27). The monoisotopic (exact) mass is 418 g/mol. The first-order chi connectivity index (χ1) is 13.0. The molecule has 0 bridgehead atoms. The number of anilines is 2. The van der Waals surface area contributed by atoms with Crippen LogP contribution >= 0.6 is 23.6 Å². The van der Waals surface area contributed by atoms with Crippen LogP contribution in [-0.4, -0.2) is 22.3 Å². The number of thiophene rings is 1. The number of carbonyl (C=O) groups excluding carboxylic acids is 1. The molecule has 0 unspecified atom stereocenters. The fraction of sp³-hybridized carbons (Fsp3) is 0.429. The maximum absolute atomic E-state index is 12.9. The Bertz CT molecular complexity index is 883. The van der Waals surface area contributed by atoms with Gasteiger partial charge in [-0.05, 0) is 59.0 Å². The van der Waals surface area contributed by atoms with Gasteiger partial charge in [0, 0.05) is 22.5 Å². The van der Waals surface area contributed by atoms with E-state index in [1.807, 2.05) is 51.1 Å². The molecule has 0 amide bonds. The molecule has 1 aliphatic rings. The topological polar surface area (TPSA) is 59.6 Å². The maximum Gasteiger partial charge on any atom is 0.342 e. The second-order valence-corrected chi connectivity index (χ2v) is 9.89. The highest BCUT2D eigenvalue weighted by molar-refractivity contribution is 7.80. The minimum absolute atomic E-state index is 0.261. The van der Waals surface area contributed by atoms with E-state index in [0.29, 0.717) is 22.3 Å². The molecule has 1 aromatic carbocycles. The molecule has 0 saturated heterocycles. The van der Waals surface area contributed by atoms with Crippen molar-refractivity contribution in [3.63, 3.8) is 0 Å². The number of hydrogen-bond acceptors (Lipinski definition) is 5. The molecule has 5 nitrogen and oxygen atoms in total. The molecule has 1 aromatic heterocycles. The molecule has 3 rings (SSSR count). The van der Waals surface area contributed by atoms with Crippen LogP contribution in [0.3, 0.4) is 0 Å². The highest BCUT2D eigenvalue weighted by atomic mass is 32.1. The van der Waals surface area contributed by atoms with Gasteiger partial charge in [0.25, 0.3) is 0 Å². The summed E-state index contributed by atoms with van der Waals surface area (Å²) in [6.07, 6.45) is 0.739. The molecule has 0 spiro atoms. The lowest BCUT2D eigenvalue weighted by molar-refractivity contribution is -0.0398. The summed E-state index contributed by atoms with van der Waals surface area (Å²) < 4.78 is 11.6. The Morgan fingerprint density at radius 1 is 1.21 bits per heavy atom. The van der Waals surface area contributed by atoms with Gasteiger partial charge in [0.05, 0.1) is 12.2 Å². The number of esters is 1. The average molecular weight is 419 g/mol. The van der Waals surface area contributed by atoms with Crippen LogP contribution in [0, 0.1) is 0 Å². The number of nitrogens with one attached hydrogen (secondary N) is 2. The number of carbonyl (C=O) groups is 1. The molecule has 28 heavy (non-hydrogen) atoms. The molecular weight excluding hydrogens is 392 g/mol. The van der Waals surface area contributed by atoms with Crippen molar-refractivity contribution in [3.8, 4) is 0 Å². The first kappa shape index (κ1) is 20.8. The fourth-order valence-electron chi connectivity index (χ4n) is 2.93. The van der Waals surface area contributed by atoms with Gasteiger partial charge in [-0.1, -0.05) is 18.2 Å². The van der Waals surface area contributed by atoms with Gasteiger partial charge in [-0.25, -0.2) is 4.79 Å². The Kier molecular flexibility index (Phi) is 5.79. The molecular formula is C21H26N2O3S2. The van der Waals surface area contributed by atoms with Crippen molar-refractivity contribution in [2.24, 2.45) is 0 Å². The molecule has 0 fully saturated rings. The van der Waals surface area contributed by atoms with Crippen LogP contribution in [0.2, 0.25) is 0 Å². The van der Waals surface area contributed by atoms with E-state index in [-0.39, 0.29) is 11.6 Å². The van der Waals surface area contributed by atoms with Crippen LogP contribution in [0.1, 0.15) is 55.4 Å². The summed E-state index contributed by atoms with van der Waals surface area (Å²) in [4.78, 5) is 14.1. The summed E-state index contributed by atoms with van der Waals surface area (Å²) in [5.41, 5.74) is 1.44. The fourth-order valence-corrected chi connectivity index (χ4v) is 4.63. The highest BCUT2D eigenvalue weighted by Crippen LogP contribution is 2.41. The van der Waals surface area contributed by atoms with Crippen molar-refractivity contribution >= 4 is 45.3 Å². The first-order valence-corrected chi connectivity index (χ1v) is 10.4. The van der Waals surface area contributed by atoms with E-state index < -0.39 is 5.60 Å². The van der Waals surface area contributed by atoms with Crippen LogP contribution < -0.4 is 10.6 Å². The zero-order valence-electron chi connectivity index (χ0n) is 16.8. The second-order valence-electron chi connectivity index (χ2n) is 8.38. The highest BCUT2D eigenvalue weighted by Gasteiger charge is 2.35. The number of para-hydroxylation sites is 1. The van der Waals surface area contributed by atoms with Crippen molar-refractivity contribution in [3.05, 3.63) is 46.3 Å². The molecule has 2 aromatic rings. The largest absolute Gasteiger partial charge is 0.456 e. The third kappa shape index (κ3) is 5.10. The summed E-state index contributed by atoms with van der Waals surface area (Å²) in [5, 5.41) is 7.45. The van der Waals surface area contributed by atoms with E-state index in [1.54, 1.807) is 0 Å². The van der Waals surface area contributed by atoms with E-state index >= 15 is 0 Å². The minimum Gasteiger partial charge on any atom is -0.456 e. The van der Waals surface area contributed by atoms with Crippen molar-refractivity contribution in [1.82, 2.24) is 0 Å². The van der Waals surface area contributed by atoms with Crippen molar-refractivity contribution in [1.29, 1.82) is 0 Å². The molecule has 2 N–H and O–H groups in total. The van der Waals surface area contributed by atoms with Crippen LogP contribution in [-0.2, 0) is 22.5 Å². The van der Waals surface area contributed by atoms with E-state index in [9.17, 15) is 4.79 Å². The molecule has 7 heteroatoms. The SMILES string of the molecule is CC(C)(C)OC(=O)c1c(NC(=S)Nc2ccccc2)sc2c1COC(C)(C)C2. The summed E-state index contributed by atoms with van der Waals surface area (Å²) in [5.74, 6) is -0.363. The van der Waals surface area contributed by atoms with Crippen molar-refractivity contribution < 1.29 is 14.3 Å². The van der Waals surface area contributed by atoms with Gasteiger partial charge < -0.3 is 20.1 Å². The summed E-state index contributed by atoms with van der Waals surface area (Å²) >= 11 is 7.00. The Morgan fingerprint density at radius 2 is 1.89 bits per heavy atom. The van der Waals surface area contributed by atoms with Gasteiger partial charge in [0.15, 0.2) is 5.11 Å². The molecule has 150 valence electrons. The van der Waals surface area contributed by atoms with Gasteiger partial charge >= 0.3 is 5.97 Å². The summed E-state index contributed by atoms with van der Waals surface area (Å²) in [7, 11) is 0. The zero-order chi connectivity index (χ0) is 20.5. The van der Waals surface area contributed by atoms with E-state index in [1.165, 1.54) is 11.3 Å². The number of fused-ring (bicyclic) bond motifs is 1. The van der Waals surface area contributed by atoms with Gasteiger partial charge in [0.2, 0.25) is 0 Å². The quantitative estimate of drug-likeness (QED) is 0.517.